The number of aliphatic imine (C=N–C) groups is 1. The van der Waals surface area contributed by atoms with Gasteiger partial charge in [-0.2, -0.15) is 0 Å². The van der Waals surface area contributed by atoms with Crippen LogP contribution in [-0.2, 0) is 17.8 Å². The molecule has 0 aliphatic carbocycles. The molecule has 0 saturated carbocycles. The second-order valence-electron chi connectivity index (χ2n) is 6.62. The van der Waals surface area contributed by atoms with Crippen molar-refractivity contribution in [3.63, 3.8) is 0 Å². The molecule has 28 heavy (non-hydrogen) atoms. The van der Waals surface area contributed by atoms with Crippen molar-refractivity contribution in [1.29, 1.82) is 0 Å². The van der Waals surface area contributed by atoms with E-state index in [1.54, 1.807) is 30.3 Å². The Balaban J connectivity index is 2.00. The molecule has 0 fully saturated rings. The molecule has 0 aliphatic rings. The second-order valence-corrected chi connectivity index (χ2v) is 7.65. The van der Waals surface area contributed by atoms with Gasteiger partial charge in [0.1, 0.15) is 12.3 Å². The third kappa shape index (κ3) is 7.23. The number of thiophene rings is 1. The van der Waals surface area contributed by atoms with E-state index in [1.165, 1.54) is 4.88 Å². The van der Waals surface area contributed by atoms with Gasteiger partial charge >= 0.3 is 0 Å². The van der Waals surface area contributed by atoms with Crippen LogP contribution in [0.2, 0.25) is 0 Å². The summed E-state index contributed by atoms with van der Waals surface area (Å²) in [6.07, 6.45) is 0.926. The molecule has 1 aromatic carbocycles. The number of ether oxygens (including phenoxy) is 1. The van der Waals surface area contributed by atoms with Crippen LogP contribution in [0.5, 0.6) is 5.75 Å². The van der Waals surface area contributed by atoms with Crippen molar-refractivity contribution >= 4 is 23.2 Å². The van der Waals surface area contributed by atoms with Gasteiger partial charge in [0.25, 0.3) is 0 Å². The molecule has 0 atom stereocenters. The highest BCUT2D eigenvalue weighted by Crippen LogP contribution is 2.13. The van der Waals surface area contributed by atoms with Crippen molar-refractivity contribution in [2.24, 2.45) is 4.99 Å². The third-order valence-electron chi connectivity index (χ3n) is 4.11. The zero-order valence-corrected chi connectivity index (χ0v) is 18.0. The van der Waals surface area contributed by atoms with Crippen molar-refractivity contribution in [3.05, 3.63) is 52.2 Å². The predicted octanol–water partition coefficient (Wildman–Crippen LogP) is 2.86. The minimum atomic E-state index is -0.0213. The standard InChI is InChI=1S/C21H30N4O2S/c1-5-27-18-10-8-17(9-11-18)16-25(4)21(23-15-20(26)24(2)3)22-13-12-19-7-6-14-28-19/h6-11,14H,5,12-13,15-16H2,1-4H3,(H,22,23). The third-order valence-corrected chi connectivity index (χ3v) is 5.05. The zero-order valence-electron chi connectivity index (χ0n) is 17.1. The fraction of sp³-hybridized carbons (Fsp3) is 0.429. The largest absolute Gasteiger partial charge is 0.494 e. The number of hydrogen-bond acceptors (Lipinski definition) is 4. The van der Waals surface area contributed by atoms with Crippen molar-refractivity contribution < 1.29 is 9.53 Å². The summed E-state index contributed by atoms with van der Waals surface area (Å²) < 4.78 is 5.50. The number of nitrogens with zero attached hydrogens (tertiary/aromatic N) is 3. The molecule has 1 heterocycles. The summed E-state index contributed by atoms with van der Waals surface area (Å²) in [5.41, 5.74) is 1.15. The Morgan fingerprint density at radius 2 is 1.93 bits per heavy atom. The van der Waals surface area contributed by atoms with Crippen LogP contribution in [0.4, 0.5) is 0 Å². The minimum absolute atomic E-state index is 0.0213. The normalized spacial score (nSPS) is 11.2. The smallest absolute Gasteiger partial charge is 0.243 e. The predicted molar refractivity (Wildman–Crippen MR) is 116 cm³/mol. The zero-order chi connectivity index (χ0) is 20.4. The molecule has 0 radical (unpaired) electrons. The maximum atomic E-state index is 11.9. The second kappa shape index (κ2) is 11.3. The average molecular weight is 403 g/mol. The lowest BCUT2D eigenvalue weighted by Gasteiger charge is -2.23. The van der Waals surface area contributed by atoms with Crippen molar-refractivity contribution in [2.75, 3.05) is 40.8 Å². The first-order valence-electron chi connectivity index (χ1n) is 9.43. The van der Waals surface area contributed by atoms with E-state index in [9.17, 15) is 4.79 Å². The molecular formula is C21H30N4O2S. The van der Waals surface area contributed by atoms with E-state index in [2.05, 4.69) is 40.0 Å². The Labute approximate surface area is 171 Å². The molecule has 152 valence electrons. The topological polar surface area (TPSA) is 57.2 Å². The van der Waals surface area contributed by atoms with Crippen LogP contribution in [0.1, 0.15) is 17.4 Å². The van der Waals surface area contributed by atoms with Gasteiger partial charge in [-0.1, -0.05) is 18.2 Å². The molecule has 2 aromatic rings. The lowest BCUT2D eigenvalue weighted by molar-refractivity contribution is -0.127. The molecule has 7 heteroatoms. The number of carbonyl (C=O) groups excluding carboxylic acids is 1. The Hall–Kier alpha value is -2.54. The Kier molecular flexibility index (Phi) is 8.81. The van der Waals surface area contributed by atoms with Crippen LogP contribution in [0.3, 0.4) is 0 Å². The monoisotopic (exact) mass is 402 g/mol. The first-order chi connectivity index (χ1) is 13.5. The van der Waals surface area contributed by atoms with Crippen molar-refractivity contribution in [3.8, 4) is 5.75 Å². The molecule has 0 bridgehead atoms. The number of amides is 1. The van der Waals surface area contributed by atoms with Crippen molar-refractivity contribution in [2.45, 2.75) is 19.9 Å². The summed E-state index contributed by atoms with van der Waals surface area (Å²) in [6, 6.07) is 12.2. The molecule has 6 nitrogen and oxygen atoms in total. The van der Waals surface area contributed by atoms with Gasteiger partial charge in [-0.3, -0.25) is 4.79 Å². The highest BCUT2D eigenvalue weighted by Gasteiger charge is 2.10. The summed E-state index contributed by atoms with van der Waals surface area (Å²) in [6.45, 7) is 4.21. The molecule has 0 spiro atoms. The number of carbonyl (C=O) groups is 1. The van der Waals surface area contributed by atoms with E-state index >= 15 is 0 Å². The van der Waals surface area contributed by atoms with Crippen LogP contribution < -0.4 is 10.1 Å². The van der Waals surface area contributed by atoms with E-state index in [-0.39, 0.29) is 12.5 Å². The highest BCUT2D eigenvalue weighted by atomic mass is 32.1. The fourth-order valence-corrected chi connectivity index (χ4v) is 3.26. The first-order valence-corrected chi connectivity index (χ1v) is 10.3. The average Bonchev–Trinajstić information content (AvgIpc) is 3.19. The van der Waals surface area contributed by atoms with Crippen LogP contribution in [-0.4, -0.2) is 62.5 Å². The van der Waals surface area contributed by atoms with Gasteiger partial charge in [0, 0.05) is 39.1 Å². The molecule has 0 saturated heterocycles. The van der Waals surface area contributed by atoms with Crippen LogP contribution in [0, 0.1) is 0 Å². The molecule has 1 aromatic heterocycles. The van der Waals surface area contributed by atoms with Crippen LogP contribution in [0.15, 0.2) is 46.8 Å². The van der Waals surface area contributed by atoms with Gasteiger partial charge in [-0.25, -0.2) is 4.99 Å². The fourth-order valence-electron chi connectivity index (χ4n) is 2.55. The number of hydrogen-bond donors (Lipinski definition) is 1. The van der Waals surface area contributed by atoms with Gasteiger partial charge < -0.3 is 19.9 Å². The number of guanidine groups is 1. The van der Waals surface area contributed by atoms with Gasteiger partial charge in [0.15, 0.2) is 5.96 Å². The Morgan fingerprint density at radius 3 is 2.54 bits per heavy atom. The summed E-state index contributed by atoms with van der Waals surface area (Å²) in [5, 5.41) is 5.47. The lowest BCUT2D eigenvalue weighted by Crippen LogP contribution is -2.40. The summed E-state index contributed by atoms with van der Waals surface area (Å²) in [5.74, 6) is 1.57. The first kappa shape index (κ1) is 21.8. The van der Waals surface area contributed by atoms with E-state index in [0.717, 1.165) is 30.2 Å². The summed E-state index contributed by atoms with van der Waals surface area (Å²) >= 11 is 1.75. The maximum absolute atomic E-state index is 11.9. The van der Waals surface area contributed by atoms with E-state index < -0.39 is 0 Å². The minimum Gasteiger partial charge on any atom is -0.494 e. The van der Waals surface area contributed by atoms with Crippen molar-refractivity contribution in [1.82, 2.24) is 15.1 Å². The molecule has 2 rings (SSSR count). The molecule has 0 unspecified atom stereocenters. The van der Waals surface area contributed by atoms with E-state index in [1.807, 2.05) is 31.0 Å². The van der Waals surface area contributed by atoms with Crippen LogP contribution >= 0.6 is 11.3 Å². The Morgan fingerprint density at radius 1 is 1.18 bits per heavy atom. The number of benzene rings is 1. The SMILES string of the molecule is CCOc1ccc(CN(C)C(=NCC(=O)N(C)C)NCCc2cccs2)cc1. The maximum Gasteiger partial charge on any atom is 0.243 e. The quantitative estimate of drug-likeness (QED) is 0.518. The summed E-state index contributed by atoms with van der Waals surface area (Å²) in [4.78, 5) is 21.4. The molecular weight excluding hydrogens is 372 g/mol. The summed E-state index contributed by atoms with van der Waals surface area (Å²) in [7, 11) is 5.46. The van der Waals surface area contributed by atoms with E-state index in [4.69, 9.17) is 4.74 Å². The number of nitrogens with one attached hydrogen (secondary N) is 1. The molecule has 0 aliphatic heterocycles. The number of rotatable bonds is 9. The molecule has 1 N–H and O–H groups in total. The highest BCUT2D eigenvalue weighted by molar-refractivity contribution is 7.09. The van der Waals surface area contributed by atoms with Gasteiger partial charge in [-0.05, 0) is 42.5 Å². The van der Waals surface area contributed by atoms with Crippen LogP contribution in [0.25, 0.3) is 0 Å². The molecule has 1 amide bonds. The van der Waals surface area contributed by atoms with Gasteiger partial charge in [0.05, 0.1) is 6.61 Å². The van der Waals surface area contributed by atoms with E-state index in [0.29, 0.717) is 13.2 Å². The van der Waals surface area contributed by atoms with Gasteiger partial charge in [0.2, 0.25) is 5.91 Å². The number of likely N-dealkylation sites (N-methyl/N-ethyl adjacent to an activating group) is 1. The Bertz CT molecular complexity index is 742. The van der Waals surface area contributed by atoms with Gasteiger partial charge in [-0.15, -0.1) is 11.3 Å². The lowest BCUT2D eigenvalue weighted by atomic mass is 10.2.